The lowest BCUT2D eigenvalue weighted by molar-refractivity contribution is -0.137. The van der Waals surface area contributed by atoms with Crippen LogP contribution >= 0.6 is 0 Å². The summed E-state index contributed by atoms with van der Waals surface area (Å²) in [5.74, 6) is -0.875. The number of nitrogens with one attached hydrogen (secondary N) is 2. The molecule has 0 aliphatic rings. The normalized spacial score (nSPS) is 11.7. The maximum Gasteiger partial charge on any atom is 0.416 e. The summed E-state index contributed by atoms with van der Waals surface area (Å²) in [6.45, 7) is 4.63. The van der Waals surface area contributed by atoms with Crippen molar-refractivity contribution in [3.8, 4) is 5.75 Å². The molecule has 2 N–H and O–H groups in total. The summed E-state index contributed by atoms with van der Waals surface area (Å²) in [4.78, 5) is 22.9. The van der Waals surface area contributed by atoms with Crippen molar-refractivity contribution in [2.75, 3.05) is 6.61 Å². The zero-order valence-corrected chi connectivity index (χ0v) is 12.4. The molecule has 0 heterocycles. The Bertz CT molecular complexity index is 551. The van der Waals surface area contributed by atoms with Crippen molar-refractivity contribution in [1.82, 2.24) is 10.6 Å². The fourth-order valence-electron chi connectivity index (χ4n) is 1.45. The van der Waals surface area contributed by atoms with Gasteiger partial charge in [-0.3, -0.25) is 10.1 Å². The van der Waals surface area contributed by atoms with E-state index in [2.05, 4.69) is 5.32 Å². The molecular weight excluding hydrogens is 301 g/mol. The minimum atomic E-state index is -4.49. The first kappa shape index (κ1) is 17.8. The van der Waals surface area contributed by atoms with Crippen molar-refractivity contribution < 1.29 is 27.5 Å². The van der Waals surface area contributed by atoms with E-state index in [0.717, 1.165) is 12.1 Å². The van der Waals surface area contributed by atoms with E-state index in [1.54, 1.807) is 20.8 Å². The van der Waals surface area contributed by atoms with Crippen LogP contribution in [0, 0.1) is 0 Å². The molecule has 122 valence electrons. The van der Waals surface area contributed by atoms with E-state index in [0.29, 0.717) is 0 Å². The van der Waals surface area contributed by atoms with Crippen LogP contribution in [0.15, 0.2) is 24.3 Å². The Morgan fingerprint density at radius 3 is 2.36 bits per heavy atom. The van der Waals surface area contributed by atoms with Crippen LogP contribution in [0.4, 0.5) is 18.0 Å². The molecule has 0 saturated heterocycles. The number of carbonyl (C=O) groups is 2. The summed E-state index contributed by atoms with van der Waals surface area (Å²) in [6.07, 6.45) is -4.49. The number of urea groups is 1. The Morgan fingerprint density at radius 2 is 1.82 bits per heavy atom. The molecule has 1 rings (SSSR count). The highest BCUT2D eigenvalue weighted by Crippen LogP contribution is 2.31. The highest BCUT2D eigenvalue weighted by atomic mass is 19.4. The zero-order valence-electron chi connectivity index (χ0n) is 12.4. The van der Waals surface area contributed by atoms with Gasteiger partial charge in [0.25, 0.3) is 5.91 Å². The topological polar surface area (TPSA) is 67.4 Å². The minimum absolute atomic E-state index is 0.110. The fraction of sp³-hybridized carbons (Fsp3) is 0.429. The summed E-state index contributed by atoms with van der Waals surface area (Å²) < 4.78 is 42.5. The lowest BCUT2D eigenvalue weighted by Crippen LogP contribution is -2.49. The third-order valence-corrected chi connectivity index (χ3v) is 2.27. The molecule has 0 atom stereocenters. The molecule has 0 radical (unpaired) electrons. The molecule has 3 amide bonds. The number of hydrogen-bond donors (Lipinski definition) is 2. The molecule has 0 aliphatic heterocycles. The summed E-state index contributed by atoms with van der Waals surface area (Å²) in [6, 6.07) is 3.43. The number of hydrogen-bond acceptors (Lipinski definition) is 3. The number of ether oxygens (including phenoxy) is 1. The maximum atomic E-state index is 12.5. The van der Waals surface area contributed by atoms with Gasteiger partial charge in [-0.05, 0) is 39.0 Å². The van der Waals surface area contributed by atoms with Crippen molar-refractivity contribution in [3.63, 3.8) is 0 Å². The average Bonchev–Trinajstić information content (AvgIpc) is 2.33. The van der Waals surface area contributed by atoms with Crippen molar-refractivity contribution >= 4 is 11.9 Å². The van der Waals surface area contributed by atoms with Crippen LogP contribution in [0.2, 0.25) is 0 Å². The van der Waals surface area contributed by atoms with E-state index >= 15 is 0 Å². The second-order valence-corrected chi connectivity index (χ2v) is 5.57. The van der Waals surface area contributed by atoms with Crippen LogP contribution in [0.1, 0.15) is 26.3 Å². The van der Waals surface area contributed by atoms with Gasteiger partial charge in [-0.15, -0.1) is 0 Å². The summed E-state index contributed by atoms with van der Waals surface area (Å²) >= 11 is 0. The van der Waals surface area contributed by atoms with Gasteiger partial charge >= 0.3 is 12.2 Å². The Kier molecular flexibility index (Phi) is 5.40. The molecule has 1 aromatic carbocycles. The number of rotatable bonds is 3. The Balaban J connectivity index is 2.53. The van der Waals surface area contributed by atoms with Crippen LogP contribution in [0.25, 0.3) is 0 Å². The first-order valence-electron chi connectivity index (χ1n) is 6.39. The van der Waals surface area contributed by atoms with Gasteiger partial charge in [-0.1, -0.05) is 6.07 Å². The zero-order chi connectivity index (χ0) is 17.0. The van der Waals surface area contributed by atoms with Crippen molar-refractivity contribution in [2.45, 2.75) is 32.5 Å². The molecule has 0 aromatic heterocycles. The number of benzene rings is 1. The smallest absolute Gasteiger partial charge is 0.416 e. The molecule has 1 aromatic rings. The predicted octanol–water partition coefficient (Wildman–Crippen LogP) is 2.71. The number of carbonyl (C=O) groups excluding carboxylic acids is 2. The lowest BCUT2D eigenvalue weighted by Gasteiger charge is -2.20. The van der Waals surface area contributed by atoms with Crippen LogP contribution in [-0.4, -0.2) is 24.1 Å². The molecule has 8 heteroatoms. The molecule has 0 bridgehead atoms. The standard InChI is InChI=1S/C14H17F3N2O3/c1-13(2,3)19-12(21)18-11(20)8-22-10-6-4-5-9(7-10)14(15,16)17/h4-7H,8H2,1-3H3,(H2,18,19,20,21). The van der Waals surface area contributed by atoms with E-state index in [-0.39, 0.29) is 5.75 Å². The quantitative estimate of drug-likeness (QED) is 0.900. The van der Waals surface area contributed by atoms with Gasteiger partial charge in [-0.2, -0.15) is 13.2 Å². The van der Waals surface area contributed by atoms with Crippen molar-refractivity contribution in [2.24, 2.45) is 0 Å². The second kappa shape index (κ2) is 6.67. The highest BCUT2D eigenvalue weighted by molar-refractivity contribution is 5.95. The van der Waals surface area contributed by atoms with Gasteiger partial charge in [-0.25, -0.2) is 4.79 Å². The van der Waals surface area contributed by atoms with Crippen molar-refractivity contribution in [3.05, 3.63) is 29.8 Å². The Labute approximate surface area is 125 Å². The number of alkyl halides is 3. The van der Waals surface area contributed by atoms with Gasteiger partial charge in [0.1, 0.15) is 5.75 Å². The SMILES string of the molecule is CC(C)(C)NC(=O)NC(=O)COc1cccc(C(F)(F)F)c1. The third-order valence-electron chi connectivity index (χ3n) is 2.27. The number of halogens is 3. The third kappa shape index (κ3) is 6.47. The molecule has 0 saturated carbocycles. The first-order chi connectivity index (χ1) is 9.97. The molecule has 0 aliphatic carbocycles. The minimum Gasteiger partial charge on any atom is -0.484 e. The number of amides is 3. The van der Waals surface area contributed by atoms with Gasteiger partial charge in [0, 0.05) is 5.54 Å². The average molecular weight is 318 g/mol. The van der Waals surface area contributed by atoms with Crippen molar-refractivity contribution in [1.29, 1.82) is 0 Å². The van der Waals surface area contributed by atoms with Crippen LogP contribution < -0.4 is 15.4 Å². The monoisotopic (exact) mass is 318 g/mol. The first-order valence-corrected chi connectivity index (χ1v) is 6.39. The summed E-state index contributed by atoms with van der Waals surface area (Å²) in [5, 5.41) is 4.52. The highest BCUT2D eigenvalue weighted by Gasteiger charge is 2.30. The Morgan fingerprint density at radius 1 is 1.18 bits per heavy atom. The molecule has 0 fully saturated rings. The van der Waals surface area contributed by atoms with E-state index in [4.69, 9.17) is 4.74 Å². The fourth-order valence-corrected chi connectivity index (χ4v) is 1.45. The van der Waals surface area contributed by atoms with Crippen LogP contribution in [-0.2, 0) is 11.0 Å². The van der Waals surface area contributed by atoms with E-state index in [1.807, 2.05) is 5.32 Å². The number of imide groups is 1. The predicted molar refractivity (Wildman–Crippen MR) is 73.4 cm³/mol. The molecule has 22 heavy (non-hydrogen) atoms. The van der Waals surface area contributed by atoms with Crippen LogP contribution in [0.5, 0.6) is 5.75 Å². The van der Waals surface area contributed by atoms with E-state index < -0.39 is 35.8 Å². The molecule has 5 nitrogen and oxygen atoms in total. The van der Waals surface area contributed by atoms with Crippen LogP contribution in [0.3, 0.4) is 0 Å². The molecular formula is C14H17F3N2O3. The molecule has 0 spiro atoms. The second-order valence-electron chi connectivity index (χ2n) is 5.57. The van der Waals surface area contributed by atoms with Gasteiger partial charge in [0.05, 0.1) is 5.56 Å². The maximum absolute atomic E-state index is 12.5. The lowest BCUT2D eigenvalue weighted by atomic mass is 10.1. The van der Waals surface area contributed by atoms with E-state index in [9.17, 15) is 22.8 Å². The van der Waals surface area contributed by atoms with E-state index in [1.165, 1.54) is 12.1 Å². The Hall–Kier alpha value is -2.25. The largest absolute Gasteiger partial charge is 0.484 e. The van der Waals surface area contributed by atoms with Gasteiger partial charge < -0.3 is 10.1 Å². The van der Waals surface area contributed by atoms with Gasteiger partial charge in [0.15, 0.2) is 6.61 Å². The summed E-state index contributed by atoms with van der Waals surface area (Å²) in [5.41, 5.74) is -1.40. The van der Waals surface area contributed by atoms with Gasteiger partial charge in [0.2, 0.25) is 0 Å². The summed E-state index contributed by atoms with van der Waals surface area (Å²) in [7, 11) is 0. The molecule has 0 unspecified atom stereocenters.